The number of carbonyl (C=O) groups excluding carboxylic acids is 1. The van der Waals surface area contributed by atoms with E-state index in [-0.39, 0.29) is 27.7 Å². The van der Waals surface area contributed by atoms with Crippen LogP contribution in [0.3, 0.4) is 0 Å². The van der Waals surface area contributed by atoms with E-state index in [1.165, 1.54) is 54.5 Å². The molecule has 154 valence electrons. The Labute approximate surface area is 176 Å². The van der Waals surface area contributed by atoms with Gasteiger partial charge in [0.25, 0.3) is 5.56 Å². The minimum absolute atomic E-state index is 0.0471. The predicted molar refractivity (Wildman–Crippen MR) is 114 cm³/mol. The first-order valence-electron chi connectivity index (χ1n) is 8.49. The Hall–Kier alpha value is -2.27. The Morgan fingerprint density at radius 3 is 2.66 bits per heavy atom. The first-order valence-corrected chi connectivity index (χ1v) is 11.1. The molecule has 0 fully saturated rings. The molecule has 0 unspecified atom stereocenters. The highest BCUT2D eigenvalue weighted by Crippen LogP contribution is 2.27. The molecule has 8 nitrogen and oxygen atoms in total. The second-order valence-corrected chi connectivity index (χ2v) is 10.4. The summed E-state index contributed by atoms with van der Waals surface area (Å²) in [7, 11) is -0.993. The van der Waals surface area contributed by atoms with Crippen LogP contribution in [-0.4, -0.2) is 42.3 Å². The van der Waals surface area contributed by atoms with Crippen molar-refractivity contribution < 1.29 is 13.2 Å². The molecule has 0 radical (unpaired) electrons. The van der Waals surface area contributed by atoms with Crippen LogP contribution < -0.4 is 10.9 Å². The van der Waals surface area contributed by atoms with Crippen molar-refractivity contribution in [3.63, 3.8) is 0 Å². The second-order valence-electron chi connectivity index (χ2n) is 6.62. The maximum Gasteiger partial charge on any atom is 0.262 e. The molecule has 3 rings (SSSR count). The molecule has 0 aliphatic heterocycles. The van der Waals surface area contributed by atoms with Gasteiger partial charge in [-0.05, 0) is 37.6 Å². The molecular weight excluding hydrogens is 436 g/mol. The average molecular weight is 455 g/mol. The van der Waals surface area contributed by atoms with Crippen molar-refractivity contribution >= 4 is 54.8 Å². The third-order valence-electron chi connectivity index (χ3n) is 4.44. The topological polar surface area (TPSA) is 101 Å². The number of anilines is 1. The molecule has 1 N–H and O–H groups in total. The van der Waals surface area contributed by atoms with Crippen molar-refractivity contribution in [3.05, 3.63) is 50.3 Å². The molecule has 0 atom stereocenters. The molecular formula is C18H19ClN4O4S2. The number of nitrogens with zero attached hydrogens (tertiary/aromatic N) is 3. The van der Waals surface area contributed by atoms with Crippen molar-refractivity contribution in [2.24, 2.45) is 0 Å². The van der Waals surface area contributed by atoms with Gasteiger partial charge < -0.3 is 5.32 Å². The average Bonchev–Trinajstić information content (AvgIpc) is 2.93. The third kappa shape index (κ3) is 4.06. The largest absolute Gasteiger partial charge is 0.324 e. The van der Waals surface area contributed by atoms with E-state index in [1.54, 1.807) is 0 Å². The Kier molecular flexibility index (Phi) is 5.81. The van der Waals surface area contributed by atoms with Crippen LogP contribution >= 0.6 is 22.9 Å². The number of fused-ring (bicyclic) bond motifs is 1. The van der Waals surface area contributed by atoms with Crippen molar-refractivity contribution in [1.29, 1.82) is 0 Å². The van der Waals surface area contributed by atoms with Gasteiger partial charge in [0.05, 0.1) is 16.7 Å². The summed E-state index contributed by atoms with van der Waals surface area (Å²) in [6.45, 7) is 3.51. The Balaban J connectivity index is 1.87. The van der Waals surface area contributed by atoms with Gasteiger partial charge in [0.15, 0.2) is 0 Å². The summed E-state index contributed by atoms with van der Waals surface area (Å²) in [6.07, 6.45) is 1.34. The van der Waals surface area contributed by atoms with Gasteiger partial charge >= 0.3 is 0 Å². The molecule has 0 aliphatic rings. The lowest BCUT2D eigenvalue weighted by molar-refractivity contribution is -0.116. The van der Waals surface area contributed by atoms with Crippen LogP contribution in [-0.2, 0) is 21.4 Å². The summed E-state index contributed by atoms with van der Waals surface area (Å²) in [5.41, 5.74) is 0.817. The summed E-state index contributed by atoms with van der Waals surface area (Å²) in [6, 6.07) is 4.17. The van der Waals surface area contributed by atoms with E-state index in [1.807, 2.05) is 13.8 Å². The van der Waals surface area contributed by atoms with Gasteiger partial charge in [0, 0.05) is 24.7 Å². The molecule has 2 aromatic heterocycles. The van der Waals surface area contributed by atoms with E-state index in [2.05, 4.69) is 10.3 Å². The lowest BCUT2D eigenvalue weighted by atomic mass is 10.2. The van der Waals surface area contributed by atoms with Crippen molar-refractivity contribution in [2.75, 3.05) is 19.4 Å². The van der Waals surface area contributed by atoms with Crippen LogP contribution in [0.25, 0.3) is 10.2 Å². The van der Waals surface area contributed by atoms with Crippen LogP contribution in [0, 0.1) is 13.8 Å². The molecule has 1 aromatic carbocycles. The van der Waals surface area contributed by atoms with E-state index in [0.29, 0.717) is 10.2 Å². The second kappa shape index (κ2) is 7.86. The van der Waals surface area contributed by atoms with Crippen molar-refractivity contribution in [3.8, 4) is 0 Å². The first kappa shape index (κ1) is 21.4. The molecule has 0 saturated heterocycles. The highest BCUT2D eigenvalue weighted by Gasteiger charge is 2.21. The van der Waals surface area contributed by atoms with Gasteiger partial charge in [0.2, 0.25) is 15.9 Å². The first-order chi connectivity index (χ1) is 13.5. The number of thiophene rings is 1. The Morgan fingerprint density at radius 2 is 2.00 bits per heavy atom. The summed E-state index contributed by atoms with van der Waals surface area (Å²) in [5, 5.41) is 3.15. The van der Waals surface area contributed by atoms with Crippen molar-refractivity contribution in [1.82, 2.24) is 13.9 Å². The fraction of sp³-hybridized carbons (Fsp3) is 0.278. The van der Waals surface area contributed by atoms with Crippen molar-refractivity contribution in [2.45, 2.75) is 25.3 Å². The number of hydrogen-bond acceptors (Lipinski definition) is 6. The van der Waals surface area contributed by atoms with Crippen LogP contribution in [0.4, 0.5) is 5.69 Å². The van der Waals surface area contributed by atoms with E-state index in [0.717, 1.165) is 14.7 Å². The molecule has 1 amide bonds. The van der Waals surface area contributed by atoms with Gasteiger partial charge in [-0.1, -0.05) is 11.6 Å². The third-order valence-corrected chi connectivity index (χ3v) is 7.86. The SMILES string of the molecule is Cc1sc2ncn(CC(=O)Nc3ccc(Cl)c(S(=O)(=O)N(C)C)c3)c(=O)c2c1C. The monoisotopic (exact) mass is 454 g/mol. The number of rotatable bonds is 5. The predicted octanol–water partition coefficient (Wildman–Crippen LogP) is 2.62. The van der Waals surface area contributed by atoms with Crippen LogP contribution in [0.2, 0.25) is 5.02 Å². The molecule has 0 aliphatic carbocycles. The smallest absolute Gasteiger partial charge is 0.262 e. The summed E-state index contributed by atoms with van der Waals surface area (Å²) in [4.78, 5) is 30.9. The van der Waals surface area contributed by atoms with E-state index < -0.39 is 15.9 Å². The number of carbonyl (C=O) groups is 1. The summed E-state index contributed by atoms with van der Waals surface area (Å²) in [5.74, 6) is -0.492. The number of sulfonamides is 1. The molecule has 2 heterocycles. The normalized spacial score (nSPS) is 11.9. The highest BCUT2D eigenvalue weighted by atomic mass is 35.5. The van der Waals surface area contributed by atoms with Gasteiger partial charge in [0.1, 0.15) is 16.3 Å². The molecule has 0 saturated carbocycles. The van der Waals surface area contributed by atoms with Gasteiger partial charge in [-0.15, -0.1) is 11.3 Å². The van der Waals surface area contributed by atoms with Gasteiger partial charge in [-0.25, -0.2) is 17.7 Å². The maximum atomic E-state index is 12.7. The number of benzene rings is 1. The number of aromatic nitrogens is 2. The summed E-state index contributed by atoms with van der Waals surface area (Å²) < 4.78 is 27.0. The standard InChI is InChI=1S/C18H19ClN4O4S2/c1-10-11(2)28-17-16(10)18(25)23(9-20-17)8-15(24)21-12-5-6-13(19)14(7-12)29(26,27)22(3)4/h5-7,9H,8H2,1-4H3,(H,21,24). The van der Waals surface area contributed by atoms with E-state index >= 15 is 0 Å². The number of halogens is 1. The van der Waals surface area contributed by atoms with Crippen LogP contribution in [0.15, 0.2) is 34.2 Å². The Bertz CT molecular complexity index is 1280. The van der Waals surface area contributed by atoms with Crippen LogP contribution in [0.5, 0.6) is 0 Å². The molecule has 29 heavy (non-hydrogen) atoms. The van der Waals surface area contributed by atoms with Crippen LogP contribution in [0.1, 0.15) is 10.4 Å². The quantitative estimate of drug-likeness (QED) is 0.638. The lowest BCUT2D eigenvalue weighted by Gasteiger charge is -2.14. The minimum atomic E-state index is -3.77. The zero-order valence-electron chi connectivity index (χ0n) is 16.2. The van der Waals surface area contributed by atoms with Gasteiger partial charge in [-0.3, -0.25) is 14.2 Å². The number of hydrogen-bond donors (Lipinski definition) is 1. The zero-order valence-corrected chi connectivity index (χ0v) is 18.6. The number of aryl methyl sites for hydroxylation is 2. The molecule has 11 heteroatoms. The maximum absolute atomic E-state index is 12.7. The molecule has 3 aromatic rings. The minimum Gasteiger partial charge on any atom is -0.324 e. The van der Waals surface area contributed by atoms with E-state index in [4.69, 9.17) is 11.6 Å². The Morgan fingerprint density at radius 1 is 1.31 bits per heavy atom. The number of amides is 1. The number of nitrogens with one attached hydrogen (secondary N) is 1. The molecule has 0 bridgehead atoms. The highest BCUT2D eigenvalue weighted by molar-refractivity contribution is 7.89. The fourth-order valence-corrected chi connectivity index (χ4v) is 5.09. The fourth-order valence-electron chi connectivity index (χ4n) is 2.71. The summed E-state index contributed by atoms with van der Waals surface area (Å²) >= 11 is 7.45. The van der Waals surface area contributed by atoms with E-state index in [9.17, 15) is 18.0 Å². The van der Waals surface area contributed by atoms with Gasteiger partial charge in [-0.2, -0.15) is 0 Å². The lowest BCUT2D eigenvalue weighted by Crippen LogP contribution is -2.28. The molecule has 0 spiro atoms. The zero-order chi connectivity index (χ0) is 21.5.